The number of nitrogens with one attached hydrogen (secondary N) is 1. The van der Waals surface area contributed by atoms with E-state index >= 15 is 0 Å². The highest BCUT2D eigenvalue weighted by molar-refractivity contribution is 7.22. The van der Waals surface area contributed by atoms with Crippen LogP contribution in [0.1, 0.15) is 0 Å². The molecule has 2 aromatic rings. The lowest BCUT2D eigenvalue weighted by Gasteiger charge is -1.95. The number of aromatic nitrogens is 1. The number of amides is 1. The average molecular weight is 246 g/mol. The Labute approximate surface area is 91.0 Å². The van der Waals surface area contributed by atoms with Gasteiger partial charge in [-0.1, -0.05) is 11.3 Å². The van der Waals surface area contributed by atoms with Crippen LogP contribution in [0.2, 0.25) is 0 Å². The average Bonchev–Trinajstić information content (AvgIpc) is 2.58. The third kappa shape index (κ3) is 1.63. The zero-order valence-electron chi connectivity index (χ0n) is 7.49. The van der Waals surface area contributed by atoms with Crippen molar-refractivity contribution in [1.82, 2.24) is 4.98 Å². The summed E-state index contributed by atoms with van der Waals surface area (Å²) < 4.78 is 26.0. The monoisotopic (exact) mass is 246 g/mol. The standard InChI is InChI=1S/C8H4F2N2O3S/c9-2-1-3(10)6-4(5(2)13)11-7(16-6)12-8(14)15/h1,13H,(H,11,12)(H,14,15). The van der Waals surface area contributed by atoms with E-state index in [9.17, 15) is 18.7 Å². The van der Waals surface area contributed by atoms with Crippen LogP contribution < -0.4 is 5.32 Å². The van der Waals surface area contributed by atoms with Crippen molar-refractivity contribution in [3.05, 3.63) is 17.7 Å². The number of thiazole rings is 1. The summed E-state index contributed by atoms with van der Waals surface area (Å²) in [5.74, 6) is -2.84. The van der Waals surface area contributed by atoms with Gasteiger partial charge in [0, 0.05) is 6.07 Å². The Balaban J connectivity index is 2.65. The number of nitrogens with zero attached hydrogens (tertiary/aromatic N) is 1. The highest BCUT2D eigenvalue weighted by Gasteiger charge is 2.17. The number of halogens is 2. The Kier molecular flexibility index (Phi) is 2.35. The summed E-state index contributed by atoms with van der Waals surface area (Å²) in [4.78, 5) is 13.9. The van der Waals surface area contributed by atoms with Crippen LogP contribution in [0.4, 0.5) is 18.7 Å². The maximum absolute atomic E-state index is 13.2. The predicted octanol–water partition coefficient (Wildman–Crippen LogP) is 2.37. The van der Waals surface area contributed by atoms with Gasteiger partial charge in [-0.25, -0.2) is 18.6 Å². The Morgan fingerprint density at radius 3 is 2.75 bits per heavy atom. The number of carbonyl (C=O) groups is 1. The summed E-state index contributed by atoms with van der Waals surface area (Å²) in [6, 6.07) is 0.514. The van der Waals surface area contributed by atoms with Crippen molar-refractivity contribution in [3.63, 3.8) is 0 Å². The molecule has 0 bridgehead atoms. The summed E-state index contributed by atoms with van der Waals surface area (Å²) in [7, 11) is 0. The molecule has 1 heterocycles. The largest absolute Gasteiger partial charge is 0.503 e. The van der Waals surface area contributed by atoms with Crippen LogP contribution in [0.5, 0.6) is 5.75 Å². The minimum atomic E-state index is -1.38. The van der Waals surface area contributed by atoms with Gasteiger partial charge in [-0.15, -0.1) is 0 Å². The van der Waals surface area contributed by atoms with Gasteiger partial charge in [0.2, 0.25) is 0 Å². The van der Waals surface area contributed by atoms with E-state index in [1.807, 2.05) is 5.32 Å². The normalized spacial score (nSPS) is 10.6. The van der Waals surface area contributed by atoms with Gasteiger partial charge in [0.15, 0.2) is 16.7 Å². The van der Waals surface area contributed by atoms with Crippen LogP contribution >= 0.6 is 11.3 Å². The molecular formula is C8H4F2N2O3S. The number of aromatic hydroxyl groups is 1. The quantitative estimate of drug-likeness (QED) is 0.721. The third-order valence-corrected chi connectivity index (χ3v) is 2.74. The predicted molar refractivity (Wildman–Crippen MR) is 52.8 cm³/mol. The van der Waals surface area contributed by atoms with E-state index in [0.29, 0.717) is 17.4 Å². The minimum absolute atomic E-state index is 0.109. The Morgan fingerprint density at radius 2 is 2.12 bits per heavy atom. The molecule has 2 rings (SSSR count). The van der Waals surface area contributed by atoms with E-state index in [1.165, 1.54) is 0 Å². The highest BCUT2D eigenvalue weighted by Crippen LogP contribution is 2.35. The fourth-order valence-corrected chi connectivity index (χ4v) is 2.01. The van der Waals surface area contributed by atoms with Gasteiger partial charge in [-0.3, -0.25) is 5.32 Å². The van der Waals surface area contributed by atoms with Gasteiger partial charge >= 0.3 is 6.09 Å². The first-order valence-electron chi connectivity index (χ1n) is 3.96. The molecule has 0 aliphatic carbocycles. The minimum Gasteiger partial charge on any atom is -0.503 e. The number of hydrogen-bond donors (Lipinski definition) is 3. The molecular weight excluding hydrogens is 242 g/mol. The molecule has 8 heteroatoms. The summed E-state index contributed by atoms with van der Waals surface area (Å²) in [6.45, 7) is 0. The van der Waals surface area contributed by atoms with Gasteiger partial charge in [0.25, 0.3) is 0 Å². The maximum Gasteiger partial charge on any atom is 0.410 e. The second-order valence-electron chi connectivity index (χ2n) is 2.82. The van der Waals surface area contributed by atoms with Gasteiger partial charge in [-0.2, -0.15) is 0 Å². The zero-order valence-corrected chi connectivity index (χ0v) is 8.31. The third-order valence-electron chi connectivity index (χ3n) is 1.76. The smallest absolute Gasteiger partial charge is 0.410 e. The topological polar surface area (TPSA) is 82.5 Å². The lowest BCUT2D eigenvalue weighted by atomic mass is 10.3. The molecule has 0 atom stereocenters. The van der Waals surface area contributed by atoms with Crippen LogP contribution in [-0.2, 0) is 0 Å². The first kappa shape index (κ1) is 10.6. The number of rotatable bonds is 1. The van der Waals surface area contributed by atoms with E-state index in [4.69, 9.17) is 5.11 Å². The number of carboxylic acid groups (broad SMARTS) is 1. The Bertz CT molecular complexity index is 584. The number of benzene rings is 1. The van der Waals surface area contributed by atoms with Gasteiger partial charge < -0.3 is 10.2 Å². The summed E-state index contributed by atoms with van der Waals surface area (Å²) >= 11 is 0.670. The molecule has 1 amide bonds. The molecule has 0 spiro atoms. The first-order valence-corrected chi connectivity index (χ1v) is 4.78. The van der Waals surface area contributed by atoms with Crippen LogP contribution in [0, 0.1) is 11.6 Å². The van der Waals surface area contributed by atoms with Crippen molar-refractivity contribution >= 4 is 32.8 Å². The molecule has 0 aliphatic heterocycles. The maximum atomic E-state index is 13.2. The molecule has 0 fully saturated rings. The van der Waals surface area contributed by atoms with Crippen LogP contribution in [0.25, 0.3) is 10.2 Å². The summed E-state index contributed by atoms with van der Waals surface area (Å²) in [5, 5.41) is 19.4. The van der Waals surface area contributed by atoms with E-state index in [1.54, 1.807) is 0 Å². The summed E-state index contributed by atoms with van der Waals surface area (Å²) in [5.41, 5.74) is -0.300. The molecule has 1 aromatic heterocycles. The number of phenolic OH excluding ortho intramolecular Hbond substituents is 1. The van der Waals surface area contributed by atoms with Crippen molar-refractivity contribution in [3.8, 4) is 5.75 Å². The molecule has 0 saturated heterocycles. The van der Waals surface area contributed by atoms with Gasteiger partial charge in [-0.05, 0) is 0 Å². The highest BCUT2D eigenvalue weighted by atomic mass is 32.1. The molecule has 0 unspecified atom stereocenters. The fourth-order valence-electron chi connectivity index (χ4n) is 1.15. The molecule has 5 nitrogen and oxygen atoms in total. The van der Waals surface area contributed by atoms with Crippen molar-refractivity contribution < 1.29 is 23.8 Å². The van der Waals surface area contributed by atoms with E-state index in [0.717, 1.165) is 0 Å². The number of anilines is 1. The number of phenols is 1. The van der Waals surface area contributed by atoms with E-state index < -0.39 is 23.5 Å². The number of fused-ring (bicyclic) bond motifs is 1. The lowest BCUT2D eigenvalue weighted by molar-refractivity contribution is 0.209. The van der Waals surface area contributed by atoms with Crippen LogP contribution in [0.15, 0.2) is 6.07 Å². The lowest BCUT2D eigenvalue weighted by Crippen LogP contribution is -2.06. The molecule has 3 N–H and O–H groups in total. The molecule has 1 aromatic carbocycles. The second-order valence-corrected chi connectivity index (χ2v) is 3.81. The molecule has 84 valence electrons. The fraction of sp³-hybridized carbons (Fsp3) is 0. The van der Waals surface area contributed by atoms with Crippen molar-refractivity contribution in [2.45, 2.75) is 0 Å². The number of hydrogen-bond acceptors (Lipinski definition) is 4. The Hall–Kier alpha value is -1.96. The van der Waals surface area contributed by atoms with Crippen molar-refractivity contribution in [2.75, 3.05) is 5.32 Å². The van der Waals surface area contributed by atoms with E-state index in [2.05, 4.69) is 4.98 Å². The van der Waals surface area contributed by atoms with Gasteiger partial charge in [0.05, 0.1) is 4.70 Å². The second kappa shape index (κ2) is 3.56. The molecule has 0 aliphatic rings. The van der Waals surface area contributed by atoms with Gasteiger partial charge in [0.1, 0.15) is 11.3 Å². The first-order chi connectivity index (χ1) is 7.49. The van der Waals surface area contributed by atoms with E-state index in [-0.39, 0.29) is 15.3 Å². The zero-order chi connectivity index (χ0) is 11.9. The van der Waals surface area contributed by atoms with Crippen LogP contribution in [0.3, 0.4) is 0 Å². The SMILES string of the molecule is O=C(O)Nc1nc2c(O)c(F)cc(F)c2s1. The van der Waals surface area contributed by atoms with Crippen molar-refractivity contribution in [1.29, 1.82) is 0 Å². The molecule has 0 saturated carbocycles. The van der Waals surface area contributed by atoms with Crippen LogP contribution in [-0.4, -0.2) is 21.3 Å². The van der Waals surface area contributed by atoms with Crippen molar-refractivity contribution in [2.24, 2.45) is 0 Å². The molecule has 16 heavy (non-hydrogen) atoms. The molecule has 0 radical (unpaired) electrons. The Morgan fingerprint density at radius 1 is 1.44 bits per heavy atom. The summed E-state index contributed by atoms with van der Waals surface area (Å²) in [6.07, 6.45) is -1.38.